The van der Waals surface area contributed by atoms with Gasteiger partial charge in [0.25, 0.3) is 0 Å². The summed E-state index contributed by atoms with van der Waals surface area (Å²) in [5.41, 5.74) is 2.50. The summed E-state index contributed by atoms with van der Waals surface area (Å²) in [6, 6.07) is 8.17. The molecule has 1 aromatic carbocycles. The minimum absolute atomic E-state index is 0.504. The Labute approximate surface area is 98.4 Å². The molecular formula is C14H21NO. The molecule has 0 saturated carbocycles. The third-order valence-corrected chi connectivity index (χ3v) is 2.05. The second kappa shape index (κ2) is 8.72. The van der Waals surface area contributed by atoms with E-state index in [-0.39, 0.29) is 0 Å². The van der Waals surface area contributed by atoms with E-state index in [1.54, 1.807) is 6.08 Å². The van der Waals surface area contributed by atoms with Crippen LogP contribution in [0.4, 0.5) is 0 Å². The Morgan fingerprint density at radius 2 is 1.94 bits per heavy atom. The van der Waals surface area contributed by atoms with Crippen molar-refractivity contribution in [2.45, 2.75) is 33.2 Å². The van der Waals surface area contributed by atoms with E-state index in [4.69, 9.17) is 0 Å². The first-order valence-corrected chi connectivity index (χ1v) is 5.49. The lowest BCUT2D eigenvalue weighted by molar-refractivity contribution is -0.109. The lowest BCUT2D eigenvalue weighted by Crippen LogP contribution is -2.11. The molecule has 2 heteroatoms. The SMILES string of the molecule is C=CC.CC(C)c1ccccc1CNC=O. The molecule has 0 radical (unpaired) electrons. The zero-order valence-corrected chi connectivity index (χ0v) is 10.4. The first-order chi connectivity index (χ1) is 7.67. The molecule has 0 aliphatic carbocycles. The molecule has 0 fully saturated rings. The van der Waals surface area contributed by atoms with E-state index < -0.39 is 0 Å². The van der Waals surface area contributed by atoms with E-state index in [2.05, 4.69) is 31.8 Å². The smallest absolute Gasteiger partial charge is 0.207 e. The third kappa shape index (κ3) is 5.35. The molecule has 1 amide bonds. The van der Waals surface area contributed by atoms with Gasteiger partial charge >= 0.3 is 0 Å². The maximum Gasteiger partial charge on any atom is 0.207 e. The third-order valence-electron chi connectivity index (χ3n) is 2.05. The molecule has 1 N–H and O–H groups in total. The molecule has 0 saturated heterocycles. The molecule has 0 unspecified atom stereocenters. The zero-order chi connectivity index (χ0) is 12.4. The van der Waals surface area contributed by atoms with Crippen molar-refractivity contribution in [3.05, 3.63) is 48.0 Å². The van der Waals surface area contributed by atoms with Crippen LogP contribution in [0.2, 0.25) is 0 Å². The number of carbonyl (C=O) groups is 1. The van der Waals surface area contributed by atoms with E-state index in [0.29, 0.717) is 12.5 Å². The van der Waals surface area contributed by atoms with Crippen LogP contribution in [0.1, 0.15) is 37.8 Å². The second-order valence-corrected chi connectivity index (χ2v) is 3.76. The largest absolute Gasteiger partial charge is 0.355 e. The average molecular weight is 219 g/mol. The topological polar surface area (TPSA) is 29.1 Å². The van der Waals surface area contributed by atoms with Gasteiger partial charge in [-0.3, -0.25) is 4.79 Å². The van der Waals surface area contributed by atoms with E-state index in [1.807, 2.05) is 25.1 Å². The Morgan fingerprint density at radius 3 is 2.44 bits per heavy atom. The monoisotopic (exact) mass is 219 g/mol. The van der Waals surface area contributed by atoms with Gasteiger partial charge < -0.3 is 5.32 Å². The van der Waals surface area contributed by atoms with Crippen LogP contribution in [-0.2, 0) is 11.3 Å². The lowest BCUT2D eigenvalue weighted by Gasteiger charge is -2.11. The van der Waals surface area contributed by atoms with E-state index in [0.717, 1.165) is 6.41 Å². The summed E-state index contributed by atoms with van der Waals surface area (Å²) in [7, 11) is 0. The van der Waals surface area contributed by atoms with Gasteiger partial charge in [0.2, 0.25) is 6.41 Å². The highest BCUT2D eigenvalue weighted by Crippen LogP contribution is 2.18. The fourth-order valence-corrected chi connectivity index (χ4v) is 1.41. The minimum atomic E-state index is 0.504. The van der Waals surface area contributed by atoms with Gasteiger partial charge in [-0.2, -0.15) is 0 Å². The van der Waals surface area contributed by atoms with Crippen molar-refractivity contribution in [1.29, 1.82) is 0 Å². The first kappa shape index (κ1) is 14.4. The van der Waals surface area contributed by atoms with Gasteiger partial charge in [0.05, 0.1) is 0 Å². The van der Waals surface area contributed by atoms with Crippen LogP contribution >= 0.6 is 0 Å². The first-order valence-electron chi connectivity index (χ1n) is 5.49. The van der Waals surface area contributed by atoms with Crippen molar-refractivity contribution in [2.24, 2.45) is 0 Å². The molecule has 88 valence electrons. The number of allylic oxidation sites excluding steroid dienone is 1. The van der Waals surface area contributed by atoms with Crippen LogP contribution in [0.3, 0.4) is 0 Å². The van der Waals surface area contributed by atoms with Crippen molar-refractivity contribution >= 4 is 6.41 Å². The number of amides is 1. The van der Waals surface area contributed by atoms with Gasteiger partial charge in [-0.15, -0.1) is 6.58 Å². The van der Waals surface area contributed by atoms with E-state index in [1.165, 1.54) is 11.1 Å². The van der Waals surface area contributed by atoms with Crippen molar-refractivity contribution in [2.75, 3.05) is 0 Å². The fourth-order valence-electron chi connectivity index (χ4n) is 1.41. The molecule has 0 aromatic heterocycles. The van der Waals surface area contributed by atoms with Crippen LogP contribution in [0, 0.1) is 0 Å². The molecule has 0 atom stereocenters. The van der Waals surface area contributed by atoms with Crippen LogP contribution < -0.4 is 5.32 Å². The Morgan fingerprint density at radius 1 is 1.38 bits per heavy atom. The molecule has 0 aliphatic heterocycles. The predicted octanol–water partition coefficient (Wildman–Crippen LogP) is 3.25. The highest BCUT2D eigenvalue weighted by molar-refractivity contribution is 5.46. The summed E-state index contributed by atoms with van der Waals surface area (Å²) in [5, 5.41) is 2.68. The molecule has 0 spiro atoms. The minimum Gasteiger partial charge on any atom is -0.355 e. The fraction of sp³-hybridized carbons (Fsp3) is 0.357. The van der Waals surface area contributed by atoms with Gasteiger partial charge in [0.15, 0.2) is 0 Å². The molecule has 2 nitrogen and oxygen atoms in total. The lowest BCUT2D eigenvalue weighted by atomic mass is 9.97. The number of hydrogen-bond acceptors (Lipinski definition) is 1. The molecule has 16 heavy (non-hydrogen) atoms. The van der Waals surface area contributed by atoms with Crippen LogP contribution in [0.25, 0.3) is 0 Å². The number of benzene rings is 1. The molecule has 0 aliphatic rings. The van der Waals surface area contributed by atoms with Crippen LogP contribution in [0.15, 0.2) is 36.9 Å². The summed E-state index contributed by atoms with van der Waals surface area (Å²) in [5.74, 6) is 0.504. The summed E-state index contributed by atoms with van der Waals surface area (Å²) in [4.78, 5) is 10.1. The maximum absolute atomic E-state index is 10.1. The maximum atomic E-state index is 10.1. The Hall–Kier alpha value is -1.57. The van der Waals surface area contributed by atoms with Crippen LogP contribution in [0.5, 0.6) is 0 Å². The summed E-state index contributed by atoms with van der Waals surface area (Å²) in [6.07, 6.45) is 2.48. The molecule has 1 rings (SSSR count). The number of nitrogens with one attached hydrogen (secondary N) is 1. The normalized spacial score (nSPS) is 9.00. The summed E-state index contributed by atoms with van der Waals surface area (Å²) >= 11 is 0. The number of carbonyl (C=O) groups excluding carboxylic acids is 1. The Balaban J connectivity index is 0.000000673. The molecule has 0 heterocycles. The van der Waals surface area contributed by atoms with Crippen LogP contribution in [-0.4, -0.2) is 6.41 Å². The van der Waals surface area contributed by atoms with Crippen molar-refractivity contribution in [3.8, 4) is 0 Å². The zero-order valence-electron chi connectivity index (χ0n) is 10.4. The van der Waals surface area contributed by atoms with Gasteiger partial charge in [0.1, 0.15) is 0 Å². The number of hydrogen-bond donors (Lipinski definition) is 1. The quantitative estimate of drug-likeness (QED) is 0.611. The molecule has 1 aromatic rings. The van der Waals surface area contributed by atoms with E-state index >= 15 is 0 Å². The van der Waals surface area contributed by atoms with Crippen molar-refractivity contribution in [1.82, 2.24) is 5.32 Å². The Bertz CT molecular complexity index is 318. The van der Waals surface area contributed by atoms with Crippen molar-refractivity contribution in [3.63, 3.8) is 0 Å². The summed E-state index contributed by atoms with van der Waals surface area (Å²) < 4.78 is 0. The van der Waals surface area contributed by atoms with Gasteiger partial charge in [-0.1, -0.05) is 44.2 Å². The number of rotatable bonds is 4. The second-order valence-electron chi connectivity index (χ2n) is 3.76. The predicted molar refractivity (Wildman–Crippen MR) is 69.3 cm³/mol. The Kier molecular flexibility index (Phi) is 7.86. The van der Waals surface area contributed by atoms with E-state index in [9.17, 15) is 4.79 Å². The summed E-state index contributed by atoms with van der Waals surface area (Å²) in [6.45, 7) is 10.2. The molecule has 0 bridgehead atoms. The highest BCUT2D eigenvalue weighted by atomic mass is 16.1. The average Bonchev–Trinajstić information content (AvgIpc) is 2.27. The van der Waals surface area contributed by atoms with Gasteiger partial charge in [-0.05, 0) is 24.0 Å². The molecular weight excluding hydrogens is 198 g/mol. The highest BCUT2D eigenvalue weighted by Gasteiger charge is 2.03. The van der Waals surface area contributed by atoms with Gasteiger partial charge in [0, 0.05) is 6.54 Å². The standard InChI is InChI=1S/C11H15NO.C3H6/c1-9(2)11-6-4-3-5-10(11)7-12-8-13;1-3-2/h3-6,8-9H,7H2,1-2H3,(H,12,13);3H,1H2,2H3. The van der Waals surface area contributed by atoms with Crippen molar-refractivity contribution < 1.29 is 4.79 Å². The van der Waals surface area contributed by atoms with Gasteiger partial charge in [-0.25, -0.2) is 0 Å².